The fraction of sp³-hybridized carbons (Fsp3) is 0.208. The average Bonchev–Trinajstić information content (AvgIpc) is 3.40. The molecule has 0 aliphatic rings. The molecular formula is C24H23F2N3O2S. The summed E-state index contributed by atoms with van der Waals surface area (Å²) in [6.45, 7) is 0.866. The number of para-hydroxylation sites is 1. The van der Waals surface area contributed by atoms with Crippen molar-refractivity contribution in [1.82, 2.24) is 9.47 Å². The Balaban J connectivity index is 1.72. The van der Waals surface area contributed by atoms with Crippen molar-refractivity contribution in [2.45, 2.75) is 6.54 Å². The van der Waals surface area contributed by atoms with Crippen LogP contribution in [-0.2, 0) is 18.3 Å². The number of fused-ring (bicyclic) bond motifs is 1. The monoisotopic (exact) mass is 455 g/mol. The normalized spacial score (nSPS) is 11.1. The molecule has 0 radical (unpaired) electrons. The zero-order valence-corrected chi connectivity index (χ0v) is 18.6. The molecule has 0 fully saturated rings. The van der Waals surface area contributed by atoms with Crippen LogP contribution in [0.4, 0.5) is 19.3 Å². The number of nitrogens with one attached hydrogen (secondary N) is 1. The summed E-state index contributed by atoms with van der Waals surface area (Å²) in [5, 5.41) is 5.55. The second-order valence-corrected chi connectivity index (χ2v) is 8.30. The number of methoxy groups -OCH3 is 1. The summed E-state index contributed by atoms with van der Waals surface area (Å²) < 4.78 is 35.0. The van der Waals surface area contributed by atoms with Crippen molar-refractivity contribution in [2.24, 2.45) is 7.05 Å². The standard InChI is InChI=1S/C24H23F2N3O2S/c1-28-21-7-4-3-6-17(21)18(23(28)22-8-5-13-32-22)15-29(11-12-31-2)24(30)27-20-14-16(25)9-10-19(20)26/h3-10,13-14H,11-12,15H2,1-2H3,(H,27,30). The van der Waals surface area contributed by atoms with Crippen LogP contribution < -0.4 is 5.32 Å². The molecule has 2 heterocycles. The van der Waals surface area contributed by atoms with Crippen molar-refractivity contribution in [3.63, 3.8) is 0 Å². The van der Waals surface area contributed by atoms with Gasteiger partial charge >= 0.3 is 6.03 Å². The van der Waals surface area contributed by atoms with Gasteiger partial charge in [-0.15, -0.1) is 11.3 Å². The Morgan fingerprint density at radius 3 is 2.72 bits per heavy atom. The number of carbonyl (C=O) groups is 1. The maximum atomic E-state index is 14.1. The highest BCUT2D eigenvalue weighted by Crippen LogP contribution is 2.36. The van der Waals surface area contributed by atoms with E-state index in [0.717, 1.165) is 45.2 Å². The molecule has 2 aromatic heterocycles. The highest BCUT2D eigenvalue weighted by molar-refractivity contribution is 7.13. The number of halogens is 2. The highest BCUT2D eigenvalue weighted by atomic mass is 32.1. The first-order chi connectivity index (χ1) is 15.5. The molecule has 166 valence electrons. The van der Waals surface area contributed by atoms with Gasteiger partial charge in [0, 0.05) is 43.2 Å². The van der Waals surface area contributed by atoms with Gasteiger partial charge in [-0.05, 0) is 29.6 Å². The van der Waals surface area contributed by atoms with Gasteiger partial charge in [0.15, 0.2) is 0 Å². The van der Waals surface area contributed by atoms with Crippen LogP contribution in [0.15, 0.2) is 60.0 Å². The summed E-state index contributed by atoms with van der Waals surface area (Å²) in [7, 11) is 3.56. The Kier molecular flexibility index (Phi) is 6.53. The van der Waals surface area contributed by atoms with Crippen LogP contribution in [0, 0.1) is 11.6 Å². The fourth-order valence-electron chi connectivity index (χ4n) is 3.79. The first-order valence-corrected chi connectivity index (χ1v) is 11.0. The molecule has 0 spiro atoms. The fourth-order valence-corrected chi connectivity index (χ4v) is 4.62. The van der Waals surface area contributed by atoms with Crippen molar-refractivity contribution in [1.29, 1.82) is 0 Å². The van der Waals surface area contributed by atoms with Crippen molar-refractivity contribution in [2.75, 3.05) is 25.6 Å². The quantitative estimate of drug-likeness (QED) is 0.379. The predicted molar refractivity (Wildman–Crippen MR) is 124 cm³/mol. The van der Waals surface area contributed by atoms with Gasteiger partial charge < -0.3 is 19.5 Å². The summed E-state index contributed by atoms with van der Waals surface area (Å²) in [6, 6.07) is 14.5. The number of amides is 2. The van der Waals surface area contributed by atoms with Crippen molar-refractivity contribution >= 4 is 34.0 Å². The van der Waals surface area contributed by atoms with Gasteiger partial charge in [-0.1, -0.05) is 24.3 Å². The maximum Gasteiger partial charge on any atom is 0.322 e. The Labute approximate surface area is 188 Å². The van der Waals surface area contributed by atoms with Gasteiger partial charge in [-0.3, -0.25) is 0 Å². The lowest BCUT2D eigenvalue weighted by atomic mass is 10.1. The Bertz CT molecular complexity index is 1240. The third kappa shape index (κ3) is 4.37. The SMILES string of the molecule is COCCN(Cc1c(-c2cccs2)n(C)c2ccccc12)C(=O)Nc1cc(F)ccc1F. The minimum atomic E-state index is -0.698. The van der Waals surface area contributed by atoms with Crippen molar-refractivity contribution in [3.05, 3.63) is 77.2 Å². The zero-order chi connectivity index (χ0) is 22.7. The minimum Gasteiger partial charge on any atom is -0.383 e. The molecule has 2 aromatic carbocycles. The molecule has 0 atom stereocenters. The van der Waals surface area contributed by atoms with Gasteiger partial charge in [0.1, 0.15) is 11.6 Å². The molecule has 0 aliphatic heterocycles. The number of ether oxygens (including phenoxy) is 1. The summed E-state index contributed by atoms with van der Waals surface area (Å²) in [6.07, 6.45) is 0. The molecule has 0 bridgehead atoms. The van der Waals surface area contributed by atoms with E-state index >= 15 is 0 Å². The first-order valence-electron chi connectivity index (χ1n) is 10.1. The number of aryl methyl sites for hydroxylation is 1. The highest BCUT2D eigenvalue weighted by Gasteiger charge is 2.23. The number of hydrogen-bond acceptors (Lipinski definition) is 3. The first kappa shape index (κ1) is 22.0. The van der Waals surface area contributed by atoms with Crippen LogP contribution in [-0.4, -0.2) is 35.8 Å². The number of hydrogen-bond donors (Lipinski definition) is 1. The predicted octanol–water partition coefficient (Wildman–Crippen LogP) is 5.87. The molecule has 4 rings (SSSR count). The van der Waals surface area contributed by atoms with E-state index in [2.05, 4.69) is 9.88 Å². The van der Waals surface area contributed by atoms with Crippen molar-refractivity contribution < 1.29 is 18.3 Å². The maximum absolute atomic E-state index is 14.1. The van der Waals surface area contributed by atoms with Crippen LogP contribution in [0.5, 0.6) is 0 Å². The summed E-state index contributed by atoms with van der Waals surface area (Å²) in [5.41, 5.74) is 2.85. The number of benzene rings is 2. The second-order valence-electron chi connectivity index (χ2n) is 7.35. The van der Waals surface area contributed by atoms with Crippen LogP contribution in [0.25, 0.3) is 21.5 Å². The van der Waals surface area contributed by atoms with E-state index in [4.69, 9.17) is 4.74 Å². The average molecular weight is 456 g/mol. The number of carbonyl (C=O) groups excluding carboxylic acids is 1. The van der Waals surface area contributed by atoms with E-state index in [-0.39, 0.29) is 18.8 Å². The van der Waals surface area contributed by atoms with E-state index < -0.39 is 17.7 Å². The van der Waals surface area contributed by atoms with Gasteiger partial charge in [0.25, 0.3) is 0 Å². The second kappa shape index (κ2) is 9.50. The van der Waals surface area contributed by atoms with Crippen LogP contribution in [0.3, 0.4) is 0 Å². The van der Waals surface area contributed by atoms with Crippen LogP contribution in [0.1, 0.15) is 5.56 Å². The molecule has 32 heavy (non-hydrogen) atoms. The van der Waals surface area contributed by atoms with Gasteiger partial charge in [0.05, 0.1) is 29.4 Å². The smallest absolute Gasteiger partial charge is 0.322 e. The molecule has 4 aromatic rings. The Hall–Kier alpha value is -3.23. The lowest BCUT2D eigenvalue weighted by Crippen LogP contribution is -2.37. The lowest BCUT2D eigenvalue weighted by molar-refractivity contribution is 0.153. The third-order valence-corrected chi connectivity index (χ3v) is 6.21. The molecule has 1 N–H and O–H groups in total. The molecular weight excluding hydrogens is 432 g/mol. The number of anilines is 1. The van der Waals surface area contributed by atoms with Gasteiger partial charge in [0.2, 0.25) is 0 Å². The number of thiophene rings is 1. The molecule has 2 amide bonds. The summed E-state index contributed by atoms with van der Waals surface area (Å²) >= 11 is 1.62. The molecule has 0 saturated heterocycles. The van der Waals surface area contributed by atoms with E-state index in [1.54, 1.807) is 23.3 Å². The Morgan fingerprint density at radius 2 is 1.97 bits per heavy atom. The summed E-state index contributed by atoms with van der Waals surface area (Å²) in [4.78, 5) is 15.7. The topological polar surface area (TPSA) is 46.5 Å². The largest absolute Gasteiger partial charge is 0.383 e. The summed E-state index contributed by atoms with van der Waals surface area (Å²) in [5.74, 6) is -1.32. The molecule has 0 saturated carbocycles. The lowest BCUT2D eigenvalue weighted by Gasteiger charge is -2.23. The number of urea groups is 1. The molecule has 0 unspecified atom stereocenters. The number of nitrogens with zero attached hydrogens (tertiary/aromatic N) is 2. The van der Waals surface area contributed by atoms with E-state index in [1.165, 1.54) is 0 Å². The van der Waals surface area contributed by atoms with Gasteiger partial charge in [-0.25, -0.2) is 13.6 Å². The number of rotatable bonds is 7. The third-order valence-electron chi connectivity index (χ3n) is 5.34. The van der Waals surface area contributed by atoms with Gasteiger partial charge in [-0.2, -0.15) is 0 Å². The molecule has 0 aliphatic carbocycles. The van der Waals surface area contributed by atoms with E-state index in [1.807, 2.05) is 48.8 Å². The van der Waals surface area contributed by atoms with Crippen LogP contribution in [0.2, 0.25) is 0 Å². The molecule has 8 heteroatoms. The minimum absolute atomic E-state index is 0.200. The number of aromatic nitrogens is 1. The Morgan fingerprint density at radius 1 is 1.16 bits per heavy atom. The van der Waals surface area contributed by atoms with Crippen molar-refractivity contribution in [3.8, 4) is 10.6 Å². The van der Waals surface area contributed by atoms with Crippen LogP contribution >= 0.6 is 11.3 Å². The van der Waals surface area contributed by atoms with E-state index in [0.29, 0.717) is 6.61 Å². The zero-order valence-electron chi connectivity index (χ0n) is 17.8. The molecule has 5 nitrogen and oxygen atoms in total. The van der Waals surface area contributed by atoms with E-state index in [9.17, 15) is 13.6 Å².